The highest BCUT2D eigenvalue weighted by molar-refractivity contribution is 6.31. The SMILES string of the molecule is C#Cc1c([C@H]2CCC[C@@H](c3ncccc3C)N2C)nc2cccc(N3CCN(C)CC3)n12.CC(C)c1cccnc1[C@@H]1CCC[C@H](c2nc3cccc(N4CCN(C)CC4)n3c2Cl)N1C.Cc1cccnc1[C@@H]1CCC[C@H](c2nc3cccc(N4CCN(C(C)C)CC4)n3c2Cl)N1C.Cc1cccnc1[C@@H]1CCC[C@H](c2nc3cccc(N4CCN(C)CC4)n3c2C(F)(F)F)N1C. The summed E-state index contributed by atoms with van der Waals surface area (Å²) >= 11 is 14.2. The fraction of sp³-hybridized carbons (Fsp3) is 0.515. The second-order valence-corrected chi connectivity index (χ2v) is 39.2. The van der Waals surface area contributed by atoms with Gasteiger partial charge in [0.15, 0.2) is 5.69 Å². The van der Waals surface area contributed by atoms with E-state index in [1.165, 1.54) is 38.2 Å². The Kier molecular flexibility index (Phi) is 29.0. The number of aryl methyl sites for hydroxylation is 3. The molecule has 8 fully saturated rings. The van der Waals surface area contributed by atoms with Crippen LogP contribution >= 0.6 is 23.2 Å². The number of rotatable bonds is 14. The summed E-state index contributed by atoms with van der Waals surface area (Å²) in [5.74, 6) is 7.47. The number of likely N-dealkylation sites (N-methyl/N-ethyl adjacent to an activating group) is 3. The van der Waals surface area contributed by atoms with Crippen molar-refractivity contribution >= 4 is 69.1 Å². The Bertz CT molecular complexity index is 6000. The molecule has 0 radical (unpaired) electrons. The maximum Gasteiger partial charge on any atom is 0.433 e. The summed E-state index contributed by atoms with van der Waals surface area (Å²) in [7, 11) is 14.9. The highest BCUT2D eigenvalue weighted by atomic mass is 35.5. The van der Waals surface area contributed by atoms with Gasteiger partial charge in [-0.2, -0.15) is 13.2 Å². The summed E-state index contributed by atoms with van der Waals surface area (Å²) in [5, 5.41) is 1.50. The van der Waals surface area contributed by atoms with Gasteiger partial charge >= 0.3 is 6.18 Å². The first-order valence-corrected chi connectivity index (χ1v) is 48.8. The minimum atomic E-state index is -4.52. The number of likely N-dealkylation sites (tertiary alicyclic amines) is 4. The van der Waals surface area contributed by atoms with E-state index in [9.17, 15) is 13.2 Å². The van der Waals surface area contributed by atoms with E-state index in [0.717, 1.165) is 241 Å². The second-order valence-electron chi connectivity index (χ2n) is 38.5. The molecule has 8 aliphatic heterocycles. The highest BCUT2D eigenvalue weighted by Crippen LogP contribution is 2.50. The van der Waals surface area contributed by atoms with Gasteiger partial charge < -0.3 is 34.3 Å². The Morgan fingerprint density at radius 2 is 0.629 bits per heavy atom. The molecule has 29 heteroatoms. The molecule has 8 saturated heterocycles. The third kappa shape index (κ3) is 19.2. The lowest BCUT2D eigenvalue weighted by Crippen LogP contribution is -2.49. The van der Waals surface area contributed by atoms with E-state index in [4.69, 9.17) is 59.5 Å². The summed E-state index contributed by atoms with van der Waals surface area (Å²) < 4.78 is 51.9. The molecule has 132 heavy (non-hydrogen) atoms. The summed E-state index contributed by atoms with van der Waals surface area (Å²) in [6, 6.07) is 42.4. The van der Waals surface area contributed by atoms with Gasteiger partial charge in [-0.1, -0.05) is 85.6 Å². The standard InChI is InChI=1S/2C26H35ClN6.C26H32N6.C25H31F3N6/c1-18(2)19-8-7-13-28-24(19)20-9-5-10-21(31(20)4)25-26(27)33-22(29-25)11-6-12-23(33)32-16-14-30(3)15-17-32;1-18(2)31-14-16-32(17-15-31)23-12-6-11-22-29-25(26(27)33(22)23)21-10-5-9-20(30(21)4)24-19(3)8-7-13-28-24;1-5-20-26(22-11-6-10-21(30(22)4)25-19(2)9-8-14-27-25)28-23-12-7-13-24(32(20)23)31-17-15-29(3)16-18-31;1-17-7-6-12-29-22(17)18-8-4-9-19(32(18)3)23-24(25(26,27)28)34-20(30-23)10-5-11-21(34)33-15-13-31(2)14-16-33/h2*6-8,11-13,18,20-21H,5,9-10,14-17H2,1-4H3;1,7-9,12-14,21-22H,6,10-11,15-18H2,2-4H3;5-7,10-12,18-19H,4,8-9,13-16H2,1-3H3/t2*20-,21+;21-,22+;18-,19+/m0000/s1. The van der Waals surface area contributed by atoms with Gasteiger partial charge in [-0.3, -0.25) is 62.0 Å². The van der Waals surface area contributed by atoms with Crippen LogP contribution in [0.25, 0.3) is 22.6 Å². The number of piperidine rings is 4. The summed E-state index contributed by atoms with van der Waals surface area (Å²) in [6.45, 7) is 30.8. The highest BCUT2D eigenvalue weighted by Gasteiger charge is 2.46. The minimum Gasteiger partial charge on any atom is -0.355 e. The van der Waals surface area contributed by atoms with Gasteiger partial charge in [0.25, 0.3) is 0 Å². The average molecular weight is 1840 g/mol. The number of aromatic nitrogens is 12. The Morgan fingerprint density at radius 1 is 0.341 bits per heavy atom. The van der Waals surface area contributed by atoms with Crippen molar-refractivity contribution in [3.63, 3.8) is 0 Å². The van der Waals surface area contributed by atoms with Crippen molar-refractivity contribution in [2.45, 2.75) is 192 Å². The molecule has 0 aliphatic carbocycles. The van der Waals surface area contributed by atoms with E-state index in [0.29, 0.717) is 42.9 Å². The van der Waals surface area contributed by atoms with Crippen LogP contribution in [-0.2, 0) is 6.18 Å². The van der Waals surface area contributed by atoms with E-state index in [2.05, 4.69) is 234 Å². The van der Waals surface area contributed by atoms with Crippen LogP contribution in [0.2, 0.25) is 10.3 Å². The lowest BCUT2D eigenvalue weighted by atomic mass is 9.88. The van der Waals surface area contributed by atoms with Crippen molar-refractivity contribution in [1.29, 1.82) is 0 Å². The molecule has 0 N–H and O–H groups in total. The molecule has 0 aromatic carbocycles. The number of hydrogen-bond acceptors (Lipinski definition) is 20. The minimum absolute atomic E-state index is 0.0389. The van der Waals surface area contributed by atoms with Gasteiger partial charge in [0.05, 0.1) is 93.9 Å². The lowest BCUT2D eigenvalue weighted by molar-refractivity contribution is -0.143. The van der Waals surface area contributed by atoms with Crippen LogP contribution in [-0.4, -0.2) is 257 Å². The molecule has 0 unspecified atom stereocenters. The molecule has 0 bridgehead atoms. The second kappa shape index (κ2) is 40.8. The maximum atomic E-state index is 14.7. The van der Waals surface area contributed by atoms with Crippen molar-refractivity contribution in [3.05, 3.63) is 236 Å². The third-order valence-corrected chi connectivity index (χ3v) is 30.4. The van der Waals surface area contributed by atoms with Gasteiger partial charge in [0.2, 0.25) is 0 Å². The van der Waals surface area contributed by atoms with Crippen molar-refractivity contribution in [2.24, 2.45) is 0 Å². The van der Waals surface area contributed by atoms with Crippen LogP contribution in [0.3, 0.4) is 0 Å². The topological polar surface area (TPSA) is 160 Å². The first-order valence-electron chi connectivity index (χ1n) is 48.0. The molecule has 20 heterocycles. The van der Waals surface area contributed by atoms with E-state index < -0.39 is 17.9 Å². The van der Waals surface area contributed by atoms with Crippen LogP contribution < -0.4 is 19.6 Å². The summed E-state index contributed by atoms with van der Waals surface area (Å²) in [6.07, 6.45) is 21.4. The Balaban J connectivity index is 0.000000123. The van der Waals surface area contributed by atoms with Gasteiger partial charge in [0, 0.05) is 136 Å². The van der Waals surface area contributed by atoms with E-state index in [1.54, 1.807) is 18.3 Å². The van der Waals surface area contributed by atoms with Crippen LogP contribution in [0.15, 0.2) is 146 Å². The number of imidazole rings is 4. The van der Waals surface area contributed by atoms with E-state index in [1.807, 2.05) is 79.7 Å². The monoisotopic (exact) mass is 1830 g/mol. The summed E-state index contributed by atoms with van der Waals surface area (Å²) in [5.41, 5.74) is 15.9. The number of anilines is 4. The van der Waals surface area contributed by atoms with Crippen LogP contribution in [0.5, 0.6) is 0 Å². The molecule has 700 valence electrons. The zero-order valence-corrected chi connectivity index (χ0v) is 81.1. The molecule has 0 amide bonds. The third-order valence-electron chi connectivity index (χ3n) is 29.7. The fourth-order valence-corrected chi connectivity index (χ4v) is 22.7. The number of nitrogens with zero attached hydrogens (tertiary/aromatic N) is 24. The predicted octanol–water partition coefficient (Wildman–Crippen LogP) is 18.7. The number of alkyl halides is 3. The summed E-state index contributed by atoms with van der Waals surface area (Å²) in [4.78, 5) is 66.9. The van der Waals surface area contributed by atoms with Crippen molar-refractivity contribution < 1.29 is 13.2 Å². The number of terminal acetylenes is 1. The van der Waals surface area contributed by atoms with Crippen molar-refractivity contribution in [2.75, 3.05) is 174 Å². The van der Waals surface area contributed by atoms with Gasteiger partial charge in [-0.15, -0.1) is 6.42 Å². The molecule has 24 nitrogen and oxygen atoms in total. The first kappa shape index (κ1) is 94.0. The number of halogens is 5. The molecule has 0 spiro atoms. The normalized spacial score (nSPS) is 23.0. The van der Waals surface area contributed by atoms with Gasteiger partial charge in [-0.05, 0) is 268 Å². The molecular weight excluding hydrogens is 1700 g/mol. The zero-order valence-electron chi connectivity index (χ0n) is 79.6. The smallest absolute Gasteiger partial charge is 0.355 e. The van der Waals surface area contributed by atoms with Crippen molar-refractivity contribution in [3.8, 4) is 12.3 Å². The molecular formula is C103H133Cl2F3N24. The Hall–Kier alpha value is -9.83. The van der Waals surface area contributed by atoms with Gasteiger partial charge in [-0.25, -0.2) is 19.9 Å². The van der Waals surface area contributed by atoms with E-state index in [-0.39, 0.29) is 48.0 Å². The molecule has 12 aromatic heterocycles. The Labute approximate surface area is 787 Å². The van der Waals surface area contributed by atoms with Crippen LogP contribution in [0.4, 0.5) is 36.4 Å². The van der Waals surface area contributed by atoms with Gasteiger partial charge in [0.1, 0.15) is 61.9 Å². The fourth-order valence-electron chi connectivity index (χ4n) is 22.1. The van der Waals surface area contributed by atoms with Crippen LogP contribution in [0, 0.1) is 33.1 Å². The van der Waals surface area contributed by atoms with Crippen molar-refractivity contribution in [1.82, 2.24) is 96.7 Å². The molecule has 12 aromatic rings. The lowest BCUT2D eigenvalue weighted by Gasteiger charge is -2.39. The van der Waals surface area contributed by atoms with Crippen LogP contribution in [0.1, 0.15) is 238 Å². The zero-order chi connectivity index (χ0) is 92.5. The molecule has 8 atom stereocenters. The Morgan fingerprint density at radius 3 is 0.977 bits per heavy atom. The largest absolute Gasteiger partial charge is 0.433 e. The molecule has 20 rings (SSSR count). The maximum absolute atomic E-state index is 14.7. The number of fused-ring (bicyclic) bond motifs is 4. The van der Waals surface area contributed by atoms with E-state index >= 15 is 0 Å². The number of pyridine rings is 8. The average Bonchev–Trinajstić information content (AvgIpc) is 1.59. The molecule has 0 saturated carbocycles. The first-order chi connectivity index (χ1) is 63.7. The molecule has 8 aliphatic rings. The quantitative estimate of drug-likeness (QED) is 0.0945. The number of hydrogen-bond donors (Lipinski definition) is 0. The predicted molar refractivity (Wildman–Crippen MR) is 525 cm³/mol. The number of piperazine rings is 4.